The summed E-state index contributed by atoms with van der Waals surface area (Å²) >= 11 is 0. The van der Waals surface area contributed by atoms with Crippen LogP contribution in [0.1, 0.15) is 53.6 Å². The minimum absolute atomic E-state index is 0.184. The van der Waals surface area contributed by atoms with Crippen molar-refractivity contribution in [2.75, 3.05) is 59.0 Å². The molecule has 4 heterocycles. The molecule has 2 aromatic heterocycles. The molecule has 12 heteroatoms. The van der Waals surface area contributed by atoms with Gasteiger partial charge >= 0.3 is 0 Å². The number of aromatic amines is 1. The maximum absolute atomic E-state index is 14.8. The zero-order chi connectivity index (χ0) is 37.0. The van der Waals surface area contributed by atoms with Gasteiger partial charge in [0.15, 0.2) is 23.1 Å². The Morgan fingerprint density at radius 2 is 1.72 bits per heavy atom. The van der Waals surface area contributed by atoms with E-state index in [2.05, 4.69) is 25.8 Å². The minimum atomic E-state index is -0.882. The molecule has 0 aliphatic carbocycles. The number of para-hydroxylation sites is 2. The lowest BCUT2D eigenvalue weighted by molar-refractivity contribution is 0.0605. The van der Waals surface area contributed by atoms with Crippen molar-refractivity contribution in [3.8, 4) is 17.2 Å². The number of anilines is 1. The highest BCUT2D eigenvalue weighted by Crippen LogP contribution is 2.41. The van der Waals surface area contributed by atoms with Gasteiger partial charge in [-0.15, -0.1) is 0 Å². The first-order valence-corrected chi connectivity index (χ1v) is 18.2. The van der Waals surface area contributed by atoms with Gasteiger partial charge in [0, 0.05) is 62.1 Å². The Morgan fingerprint density at radius 3 is 2.40 bits per heavy atom. The third-order valence-corrected chi connectivity index (χ3v) is 10.9. The van der Waals surface area contributed by atoms with Crippen LogP contribution in [0.5, 0.6) is 17.2 Å². The largest absolute Gasteiger partial charge is 0.493 e. The van der Waals surface area contributed by atoms with Gasteiger partial charge in [0.05, 0.1) is 32.4 Å². The number of benzene rings is 3. The van der Waals surface area contributed by atoms with Gasteiger partial charge in [0.2, 0.25) is 11.7 Å². The summed E-state index contributed by atoms with van der Waals surface area (Å²) in [5, 5.41) is 0. The van der Waals surface area contributed by atoms with Crippen LogP contribution in [0.15, 0.2) is 79.1 Å². The Balaban J connectivity index is 1.09. The third kappa shape index (κ3) is 7.64. The van der Waals surface area contributed by atoms with Gasteiger partial charge in [0.1, 0.15) is 0 Å². The molecule has 1 unspecified atom stereocenters. The summed E-state index contributed by atoms with van der Waals surface area (Å²) in [6.45, 7) is 4.10. The zero-order valence-corrected chi connectivity index (χ0v) is 30.5. The van der Waals surface area contributed by atoms with Crippen LogP contribution in [0.3, 0.4) is 0 Å². The van der Waals surface area contributed by atoms with E-state index in [4.69, 9.17) is 19.2 Å². The van der Waals surface area contributed by atoms with E-state index in [1.54, 1.807) is 24.4 Å². The molecule has 53 heavy (non-hydrogen) atoms. The molecule has 5 aromatic rings. The van der Waals surface area contributed by atoms with E-state index < -0.39 is 17.0 Å². The number of hydrogen-bond acceptors (Lipinski definition) is 8. The smallest absolute Gasteiger partial charge is 0.254 e. The maximum Gasteiger partial charge on any atom is 0.254 e. The number of imidazole rings is 1. The molecule has 0 radical (unpaired) electrons. The lowest BCUT2D eigenvalue weighted by Crippen LogP contribution is -2.51. The first-order valence-electron chi connectivity index (χ1n) is 18.2. The van der Waals surface area contributed by atoms with Crippen molar-refractivity contribution in [1.29, 1.82) is 0 Å². The number of aromatic nitrogens is 3. The highest BCUT2D eigenvalue weighted by Gasteiger charge is 2.40. The minimum Gasteiger partial charge on any atom is -0.493 e. The van der Waals surface area contributed by atoms with Gasteiger partial charge in [-0.3, -0.25) is 9.78 Å². The van der Waals surface area contributed by atoms with E-state index in [0.717, 1.165) is 67.9 Å². The standard InChI is InChI=1S/C41H46F2N6O4/c1-51-36-22-29(23-37(52-2)38(36)53-3)39(50)48-18-7-15-41(27-48,30-11-12-32(42)33(43)24-30)16-21-47-19-13-31(14-20-47)49(26-28-8-6-17-44-25-28)40-45-34-9-4-5-10-35(34)46-40/h4-6,8-12,17,22-25,31H,7,13-16,18-21,26-27H2,1-3H3,(H,45,46). The van der Waals surface area contributed by atoms with Crippen molar-refractivity contribution in [3.63, 3.8) is 0 Å². The molecule has 7 rings (SSSR count). The van der Waals surface area contributed by atoms with Gasteiger partial charge in [-0.1, -0.05) is 24.3 Å². The van der Waals surface area contributed by atoms with Crippen molar-refractivity contribution in [3.05, 3.63) is 107 Å². The molecule has 0 saturated carbocycles. The van der Waals surface area contributed by atoms with Gasteiger partial charge in [-0.25, -0.2) is 13.8 Å². The number of fused-ring (bicyclic) bond motifs is 1. The summed E-state index contributed by atoms with van der Waals surface area (Å²) in [6, 6.07) is 19.9. The van der Waals surface area contributed by atoms with E-state index in [1.165, 1.54) is 33.5 Å². The number of halogens is 2. The molecule has 2 aliphatic heterocycles. The molecule has 1 amide bonds. The van der Waals surface area contributed by atoms with E-state index in [9.17, 15) is 13.6 Å². The highest BCUT2D eigenvalue weighted by atomic mass is 19.2. The number of amides is 1. The number of likely N-dealkylation sites (tertiary alicyclic amines) is 2. The number of piperidine rings is 2. The summed E-state index contributed by atoms with van der Waals surface area (Å²) in [5.74, 6) is 0.0925. The van der Waals surface area contributed by atoms with Crippen LogP contribution < -0.4 is 19.1 Å². The molecule has 0 spiro atoms. The summed E-state index contributed by atoms with van der Waals surface area (Å²) in [5.41, 5.74) is 3.60. The number of nitrogens with one attached hydrogen (secondary N) is 1. The molecule has 3 aromatic carbocycles. The van der Waals surface area contributed by atoms with Crippen LogP contribution in [-0.4, -0.2) is 90.8 Å². The van der Waals surface area contributed by atoms with Gasteiger partial charge in [-0.2, -0.15) is 0 Å². The van der Waals surface area contributed by atoms with E-state index in [-0.39, 0.29) is 11.9 Å². The SMILES string of the molecule is COc1cc(C(=O)N2CCCC(CCN3CCC(N(Cc4cccnc4)c4nc5ccccc5[nH]4)CC3)(c3ccc(F)c(F)c3)C2)cc(OC)c1OC. The Morgan fingerprint density at radius 1 is 0.943 bits per heavy atom. The summed E-state index contributed by atoms with van der Waals surface area (Å²) in [7, 11) is 4.55. The fraction of sp³-hybridized carbons (Fsp3) is 0.390. The molecular formula is C41H46F2N6O4. The first kappa shape index (κ1) is 36.1. The lowest BCUT2D eigenvalue weighted by atomic mass is 9.71. The predicted octanol–water partition coefficient (Wildman–Crippen LogP) is 7.00. The van der Waals surface area contributed by atoms with Crippen LogP contribution in [0, 0.1) is 11.6 Å². The van der Waals surface area contributed by atoms with E-state index in [0.29, 0.717) is 54.4 Å². The quantitative estimate of drug-likeness (QED) is 0.147. The molecule has 1 N–H and O–H groups in total. The monoisotopic (exact) mass is 724 g/mol. The van der Waals surface area contributed by atoms with Crippen LogP contribution in [0.4, 0.5) is 14.7 Å². The third-order valence-electron chi connectivity index (χ3n) is 10.9. The number of ether oxygens (including phenoxy) is 3. The molecule has 2 aliphatic rings. The van der Waals surface area contributed by atoms with E-state index in [1.807, 2.05) is 41.4 Å². The highest BCUT2D eigenvalue weighted by molar-refractivity contribution is 5.96. The number of carbonyl (C=O) groups is 1. The molecule has 2 fully saturated rings. The Hall–Kier alpha value is -5.23. The van der Waals surface area contributed by atoms with E-state index >= 15 is 0 Å². The Bertz CT molecular complexity index is 1980. The van der Waals surface area contributed by atoms with Crippen LogP contribution in [0.2, 0.25) is 0 Å². The average Bonchev–Trinajstić information content (AvgIpc) is 3.64. The number of rotatable bonds is 12. The van der Waals surface area contributed by atoms with Crippen molar-refractivity contribution in [2.24, 2.45) is 0 Å². The second kappa shape index (κ2) is 15.8. The average molecular weight is 725 g/mol. The molecular weight excluding hydrogens is 678 g/mol. The summed E-state index contributed by atoms with van der Waals surface area (Å²) < 4.78 is 45.5. The number of methoxy groups -OCH3 is 3. The summed E-state index contributed by atoms with van der Waals surface area (Å²) in [6.07, 6.45) is 7.71. The fourth-order valence-corrected chi connectivity index (χ4v) is 8.07. The number of hydrogen-bond donors (Lipinski definition) is 1. The number of pyridine rings is 1. The number of nitrogens with zero attached hydrogens (tertiary/aromatic N) is 5. The predicted molar refractivity (Wildman–Crippen MR) is 200 cm³/mol. The first-order chi connectivity index (χ1) is 25.8. The zero-order valence-electron chi connectivity index (χ0n) is 30.5. The Labute approximate surface area is 308 Å². The summed E-state index contributed by atoms with van der Waals surface area (Å²) in [4.78, 5) is 33.6. The van der Waals surface area contributed by atoms with Crippen LogP contribution >= 0.6 is 0 Å². The van der Waals surface area contributed by atoms with Crippen molar-refractivity contribution in [1.82, 2.24) is 24.8 Å². The van der Waals surface area contributed by atoms with Gasteiger partial charge < -0.3 is 33.9 Å². The molecule has 1 atom stereocenters. The fourth-order valence-electron chi connectivity index (χ4n) is 8.07. The molecule has 0 bridgehead atoms. The molecule has 10 nitrogen and oxygen atoms in total. The van der Waals surface area contributed by atoms with Crippen molar-refractivity contribution >= 4 is 22.9 Å². The molecule has 2 saturated heterocycles. The topological polar surface area (TPSA) is 96.1 Å². The second-order valence-electron chi connectivity index (χ2n) is 14.0. The van der Waals surface area contributed by atoms with Gasteiger partial charge in [0.25, 0.3) is 5.91 Å². The maximum atomic E-state index is 14.8. The van der Waals surface area contributed by atoms with Crippen LogP contribution in [-0.2, 0) is 12.0 Å². The van der Waals surface area contributed by atoms with Gasteiger partial charge in [-0.05, 0) is 92.2 Å². The number of H-pyrrole nitrogens is 1. The molecule has 278 valence electrons. The van der Waals surface area contributed by atoms with Crippen molar-refractivity contribution in [2.45, 2.75) is 50.1 Å². The van der Waals surface area contributed by atoms with Crippen LogP contribution in [0.25, 0.3) is 11.0 Å². The lowest BCUT2D eigenvalue weighted by Gasteiger charge is -2.45. The number of carbonyl (C=O) groups excluding carboxylic acids is 1. The Kier molecular flexibility index (Phi) is 10.8. The normalized spacial score (nSPS) is 18.2. The van der Waals surface area contributed by atoms with Crippen molar-refractivity contribution < 1.29 is 27.8 Å². The second-order valence-corrected chi connectivity index (χ2v) is 14.0.